The van der Waals surface area contributed by atoms with E-state index in [-0.39, 0.29) is 11.4 Å². The highest BCUT2D eigenvalue weighted by Gasteiger charge is 2.07. The molecule has 0 aromatic heterocycles. The maximum absolute atomic E-state index is 10.5. The van der Waals surface area contributed by atoms with Crippen molar-refractivity contribution in [2.75, 3.05) is 0 Å². The second kappa shape index (κ2) is 5.10. The lowest BCUT2D eigenvalue weighted by molar-refractivity contribution is -0.384. The zero-order valence-electron chi connectivity index (χ0n) is 9.66. The Balaban J connectivity index is 2.24. The summed E-state index contributed by atoms with van der Waals surface area (Å²) in [5.41, 5.74) is 0.882. The molecule has 5 heteroatoms. The van der Waals surface area contributed by atoms with Gasteiger partial charge in [0.1, 0.15) is 5.75 Å². The summed E-state index contributed by atoms with van der Waals surface area (Å²) in [5.74, 6) is 0.252. The van der Waals surface area contributed by atoms with Crippen molar-refractivity contribution in [1.82, 2.24) is 0 Å². The second-order valence-corrected chi connectivity index (χ2v) is 4.87. The normalized spacial score (nSPS) is 10.3. The first-order valence-electron chi connectivity index (χ1n) is 5.29. The Morgan fingerprint density at radius 2 is 1.83 bits per heavy atom. The minimum Gasteiger partial charge on any atom is -0.508 e. The Hall–Kier alpha value is -2.01. The highest BCUT2D eigenvalue weighted by atomic mass is 32.2. The quantitative estimate of drug-likeness (QED) is 0.675. The minimum atomic E-state index is -0.423. The fourth-order valence-corrected chi connectivity index (χ4v) is 2.41. The van der Waals surface area contributed by atoms with Crippen LogP contribution in [0, 0.1) is 17.0 Å². The molecule has 0 saturated carbocycles. The summed E-state index contributed by atoms with van der Waals surface area (Å²) in [7, 11) is 0. The molecule has 0 radical (unpaired) electrons. The standard InChI is InChI=1S/C13H11NO3S/c1-9-12(15)3-2-4-13(9)18-11-7-5-10(6-8-11)14(16)17/h2-8,15H,1H3. The van der Waals surface area contributed by atoms with Gasteiger partial charge in [-0.05, 0) is 31.2 Å². The van der Waals surface area contributed by atoms with Crippen LogP contribution < -0.4 is 0 Å². The molecule has 0 fully saturated rings. The molecule has 4 nitrogen and oxygen atoms in total. The number of nitro benzene ring substituents is 1. The van der Waals surface area contributed by atoms with Gasteiger partial charge in [0.15, 0.2) is 0 Å². The van der Waals surface area contributed by atoms with Crippen molar-refractivity contribution >= 4 is 17.4 Å². The highest BCUT2D eigenvalue weighted by molar-refractivity contribution is 7.99. The van der Waals surface area contributed by atoms with Crippen molar-refractivity contribution in [3.63, 3.8) is 0 Å². The maximum atomic E-state index is 10.5. The number of hydrogen-bond acceptors (Lipinski definition) is 4. The third kappa shape index (κ3) is 2.62. The summed E-state index contributed by atoms with van der Waals surface area (Å²) in [4.78, 5) is 11.9. The highest BCUT2D eigenvalue weighted by Crippen LogP contribution is 2.34. The maximum Gasteiger partial charge on any atom is 0.269 e. The molecule has 2 aromatic rings. The molecule has 0 bridgehead atoms. The number of phenols is 1. The number of nitro groups is 1. The summed E-state index contributed by atoms with van der Waals surface area (Å²) in [6.07, 6.45) is 0. The Labute approximate surface area is 108 Å². The molecular weight excluding hydrogens is 250 g/mol. The summed E-state index contributed by atoms with van der Waals surface area (Å²) in [5, 5.41) is 20.1. The lowest BCUT2D eigenvalue weighted by Gasteiger charge is -2.06. The van der Waals surface area contributed by atoms with E-state index < -0.39 is 4.92 Å². The van der Waals surface area contributed by atoms with Gasteiger partial charge in [-0.2, -0.15) is 0 Å². The van der Waals surface area contributed by atoms with Crippen molar-refractivity contribution in [3.05, 3.63) is 58.1 Å². The van der Waals surface area contributed by atoms with E-state index in [0.29, 0.717) is 0 Å². The van der Waals surface area contributed by atoms with E-state index in [0.717, 1.165) is 15.4 Å². The molecule has 0 spiro atoms. The summed E-state index contributed by atoms with van der Waals surface area (Å²) >= 11 is 1.47. The van der Waals surface area contributed by atoms with Gasteiger partial charge in [0.05, 0.1) is 4.92 Å². The van der Waals surface area contributed by atoms with Crippen LogP contribution >= 0.6 is 11.8 Å². The van der Waals surface area contributed by atoms with Gasteiger partial charge in [-0.15, -0.1) is 0 Å². The first kappa shape index (κ1) is 12.4. The summed E-state index contributed by atoms with van der Waals surface area (Å²) in [6, 6.07) is 11.7. The average molecular weight is 261 g/mol. The largest absolute Gasteiger partial charge is 0.508 e. The first-order chi connectivity index (χ1) is 8.58. The van der Waals surface area contributed by atoms with Gasteiger partial charge in [-0.1, -0.05) is 17.8 Å². The van der Waals surface area contributed by atoms with Crippen molar-refractivity contribution < 1.29 is 10.0 Å². The smallest absolute Gasteiger partial charge is 0.269 e. The van der Waals surface area contributed by atoms with Gasteiger partial charge in [-0.3, -0.25) is 10.1 Å². The van der Waals surface area contributed by atoms with Crippen LogP contribution in [0.2, 0.25) is 0 Å². The topological polar surface area (TPSA) is 63.4 Å². The molecule has 0 heterocycles. The van der Waals surface area contributed by atoms with Crippen LogP contribution in [0.1, 0.15) is 5.56 Å². The van der Waals surface area contributed by atoms with Gasteiger partial charge in [-0.25, -0.2) is 0 Å². The van der Waals surface area contributed by atoms with Crippen LogP contribution in [-0.4, -0.2) is 10.0 Å². The lowest BCUT2D eigenvalue weighted by Crippen LogP contribution is -1.86. The zero-order chi connectivity index (χ0) is 13.1. The number of aromatic hydroxyl groups is 1. The van der Waals surface area contributed by atoms with E-state index in [2.05, 4.69) is 0 Å². The molecule has 0 aliphatic heterocycles. The van der Waals surface area contributed by atoms with Crippen LogP contribution in [0.15, 0.2) is 52.3 Å². The fraction of sp³-hybridized carbons (Fsp3) is 0.0769. The Bertz CT molecular complexity index is 581. The van der Waals surface area contributed by atoms with Crippen LogP contribution in [0.4, 0.5) is 5.69 Å². The average Bonchev–Trinajstić information content (AvgIpc) is 2.36. The predicted octanol–water partition coefficient (Wildman–Crippen LogP) is 3.76. The Morgan fingerprint density at radius 1 is 1.17 bits per heavy atom. The SMILES string of the molecule is Cc1c(O)cccc1Sc1ccc([N+](=O)[O-])cc1. The molecular formula is C13H11NO3S. The van der Waals surface area contributed by atoms with Crippen molar-refractivity contribution in [1.29, 1.82) is 0 Å². The number of hydrogen-bond donors (Lipinski definition) is 1. The van der Waals surface area contributed by atoms with Gasteiger partial charge in [0, 0.05) is 27.5 Å². The first-order valence-corrected chi connectivity index (χ1v) is 6.10. The fourth-order valence-electron chi connectivity index (χ4n) is 1.48. The second-order valence-electron chi connectivity index (χ2n) is 3.75. The van der Waals surface area contributed by atoms with Gasteiger partial charge >= 0.3 is 0 Å². The number of non-ortho nitro benzene ring substituents is 1. The number of rotatable bonds is 3. The molecule has 1 N–H and O–H groups in total. The number of phenolic OH excluding ortho intramolecular Hbond substituents is 1. The molecule has 0 unspecified atom stereocenters. The van der Waals surface area contributed by atoms with E-state index in [1.54, 1.807) is 24.3 Å². The third-order valence-corrected chi connectivity index (χ3v) is 3.70. The van der Waals surface area contributed by atoms with E-state index in [4.69, 9.17) is 0 Å². The zero-order valence-corrected chi connectivity index (χ0v) is 10.5. The van der Waals surface area contributed by atoms with Crippen LogP contribution in [-0.2, 0) is 0 Å². The number of benzene rings is 2. The van der Waals surface area contributed by atoms with E-state index in [9.17, 15) is 15.2 Å². The molecule has 0 saturated heterocycles. The van der Waals surface area contributed by atoms with Crippen LogP contribution in [0.5, 0.6) is 5.75 Å². The van der Waals surface area contributed by atoms with Crippen LogP contribution in [0.3, 0.4) is 0 Å². The lowest BCUT2D eigenvalue weighted by atomic mass is 10.2. The van der Waals surface area contributed by atoms with Gasteiger partial charge in [0.2, 0.25) is 0 Å². The molecule has 0 atom stereocenters. The van der Waals surface area contributed by atoms with E-state index in [1.165, 1.54) is 23.9 Å². The molecule has 0 aliphatic carbocycles. The molecule has 0 aliphatic rings. The van der Waals surface area contributed by atoms with Crippen molar-refractivity contribution in [2.24, 2.45) is 0 Å². The minimum absolute atomic E-state index is 0.0759. The predicted molar refractivity (Wildman–Crippen MR) is 70.1 cm³/mol. The van der Waals surface area contributed by atoms with Gasteiger partial charge in [0.25, 0.3) is 5.69 Å². The number of nitrogens with zero attached hydrogens (tertiary/aromatic N) is 1. The van der Waals surface area contributed by atoms with Crippen molar-refractivity contribution in [3.8, 4) is 5.75 Å². The molecule has 92 valence electrons. The molecule has 2 aromatic carbocycles. The summed E-state index contributed by atoms with van der Waals surface area (Å²) in [6.45, 7) is 1.84. The van der Waals surface area contributed by atoms with E-state index >= 15 is 0 Å². The Kier molecular flexibility index (Phi) is 3.53. The monoisotopic (exact) mass is 261 g/mol. The molecule has 0 amide bonds. The third-order valence-electron chi connectivity index (χ3n) is 2.53. The van der Waals surface area contributed by atoms with Gasteiger partial charge < -0.3 is 5.11 Å². The summed E-state index contributed by atoms with van der Waals surface area (Å²) < 4.78 is 0. The Morgan fingerprint density at radius 3 is 2.44 bits per heavy atom. The van der Waals surface area contributed by atoms with Crippen molar-refractivity contribution in [2.45, 2.75) is 16.7 Å². The van der Waals surface area contributed by atoms with E-state index in [1.807, 2.05) is 13.0 Å². The molecule has 2 rings (SSSR count). The molecule has 18 heavy (non-hydrogen) atoms. The van der Waals surface area contributed by atoms with Crippen LogP contribution in [0.25, 0.3) is 0 Å².